The van der Waals surface area contributed by atoms with Crippen molar-refractivity contribution in [1.29, 1.82) is 0 Å². The fourth-order valence-corrected chi connectivity index (χ4v) is 3.77. The van der Waals surface area contributed by atoms with Gasteiger partial charge in [-0.2, -0.15) is 0 Å². The largest absolute Gasteiger partial charge is 0.458 e. The van der Waals surface area contributed by atoms with E-state index in [9.17, 15) is 9.18 Å². The summed E-state index contributed by atoms with van der Waals surface area (Å²) in [6.45, 7) is 8.40. The molecule has 1 aromatic carbocycles. The summed E-state index contributed by atoms with van der Waals surface area (Å²) in [5, 5.41) is 0. The van der Waals surface area contributed by atoms with Crippen molar-refractivity contribution in [2.75, 3.05) is 25.1 Å². The van der Waals surface area contributed by atoms with E-state index >= 15 is 0 Å². The lowest BCUT2D eigenvalue weighted by atomic mass is 9.85. The van der Waals surface area contributed by atoms with E-state index in [4.69, 9.17) is 14.2 Å². The molecule has 0 saturated carbocycles. The number of halogens is 1. The Morgan fingerprint density at radius 3 is 2.61 bits per heavy atom. The van der Waals surface area contributed by atoms with Gasteiger partial charge in [-0.1, -0.05) is 17.6 Å². The Labute approximate surface area is 184 Å². The first-order chi connectivity index (χ1) is 14.6. The van der Waals surface area contributed by atoms with Crippen molar-refractivity contribution >= 4 is 25.0 Å². The molecular formula is C23H30BFN2O4. The second-order valence-electron chi connectivity index (χ2n) is 8.69. The highest BCUT2D eigenvalue weighted by Crippen LogP contribution is 2.25. The van der Waals surface area contributed by atoms with Crippen molar-refractivity contribution in [2.24, 2.45) is 0 Å². The van der Waals surface area contributed by atoms with Gasteiger partial charge in [-0.05, 0) is 57.4 Å². The van der Waals surface area contributed by atoms with E-state index in [2.05, 4.69) is 4.98 Å². The van der Waals surface area contributed by atoms with Crippen molar-refractivity contribution in [2.45, 2.75) is 52.1 Å². The summed E-state index contributed by atoms with van der Waals surface area (Å²) < 4.78 is 30.3. The van der Waals surface area contributed by atoms with Crippen molar-refractivity contribution in [1.82, 2.24) is 4.98 Å². The molecule has 1 aromatic heterocycles. The van der Waals surface area contributed by atoms with E-state index in [0.717, 1.165) is 16.6 Å². The average Bonchev–Trinajstić information content (AvgIpc) is 3.02. The summed E-state index contributed by atoms with van der Waals surface area (Å²) in [7, 11) is 3.88. The molecule has 6 nitrogen and oxygen atoms in total. The molecule has 2 heterocycles. The normalized spacial score (nSPS) is 17.7. The third kappa shape index (κ3) is 5.83. The predicted molar refractivity (Wildman–Crippen MR) is 120 cm³/mol. The van der Waals surface area contributed by atoms with Crippen LogP contribution in [0.1, 0.15) is 49.3 Å². The Hall–Kier alpha value is -2.45. The van der Waals surface area contributed by atoms with Crippen molar-refractivity contribution in [3.63, 3.8) is 0 Å². The molecule has 1 saturated heterocycles. The maximum atomic E-state index is 13.3. The van der Waals surface area contributed by atoms with Crippen LogP contribution in [0.15, 0.2) is 30.5 Å². The molecule has 3 rings (SSSR count). The molecule has 31 heavy (non-hydrogen) atoms. The fraction of sp³-hybridized carbons (Fsp3) is 0.478. The molecule has 0 aliphatic carbocycles. The summed E-state index contributed by atoms with van der Waals surface area (Å²) in [5.41, 5.74) is 3.83. The van der Waals surface area contributed by atoms with Crippen LogP contribution in [0.2, 0.25) is 0 Å². The average molecular weight is 428 g/mol. The third-order valence-electron chi connectivity index (χ3n) is 5.18. The zero-order chi connectivity index (χ0) is 22.8. The quantitative estimate of drug-likeness (QED) is 0.498. The third-order valence-corrected chi connectivity index (χ3v) is 5.18. The Balaban J connectivity index is 1.93. The molecule has 0 spiro atoms. The van der Waals surface area contributed by atoms with Crippen LogP contribution in [-0.4, -0.2) is 57.0 Å². The highest BCUT2D eigenvalue weighted by atomic mass is 19.1. The van der Waals surface area contributed by atoms with Crippen LogP contribution in [0.3, 0.4) is 0 Å². The number of carbonyl (C=O) groups is 1. The van der Waals surface area contributed by atoms with Gasteiger partial charge in [-0.15, -0.1) is 0 Å². The number of anilines is 1. The van der Waals surface area contributed by atoms with Crippen LogP contribution >= 0.6 is 0 Å². The summed E-state index contributed by atoms with van der Waals surface area (Å²) >= 11 is 0. The van der Waals surface area contributed by atoms with E-state index in [1.807, 2.05) is 47.5 Å². The first kappa shape index (κ1) is 23.2. The second kappa shape index (κ2) is 9.36. The van der Waals surface area contributed by atoms with Crippen LogP contribution in [0.5, 0.6) is 0 Å². The summed E-state index contributed by atoms with van der Waals surface area (Å²) in [6.07, 6.45) is 1.90. The Kier molecular flexibility index (Phi) is 7.01. The molecule has 0 radical (unpaired) electrons. The van der Waals surface area contributed by atoms with Gasteiger partial charge in [-0.3, -0.25) is 0 Å². The van der Waals surface area contributed by atoms with Gasteiger partial charge < -0.3 is 19.1 Å². The monoisotopic (exact) mass is 428 g/mol. The number of ether oxygens (including phenoxy) is 3. The molecule has 8 heteroatoms. The number of hydrogen-bond acceptors (Lipinski definition) is 6. The minimum Gasteiger partial charge on any atom is -0.458 e. The number of esters is 1. The number of hydrogen-bond donors (Lipinski definition) is 0. The van der Waals surface area contributed by atoms with Crippen molar-refractivity contribution < 1.29 is 23.4 Å². The number of pyridine rings is 1. The Morgan fingerprint density at radius 1 is 1.35 bits per heavy atom. The van der Waals surface area contributed by atoms with Crippen molar-refractivity contribution in [3.8, 4) is 0 Å². The minimum absolute atomic E-state index is 0.130. The lowest BCUT2D eigenvalue weighted by molar-refractivity contribution is -0.137. The summed E-state index contributed by atoms with van der Waals surface area (Å²) in [6, 6.07) is 6.40. The molecule has 1 aliphatic rings. The number of likely N-dealkylation sites (N-methyl/N-ethyl adjacent to an activating group) is 1. The molecule has 0 bridgehead atoms. The van der Waals surface area contributed by atoms with Crippen LogP contribution in [0.25, 0.3) is 0 Å². The molecule has 2 aromatic rings. The van der Waals surface area contributed by atoms with Gasteiger partial charge in [0.05, 0.1) is 18.4 Å². The second-order valence-corrected chi connectivity index (χ2v) is 8.69. The summed E-state index contributed by atoms with van der Waals surface area (Å²) in [5.74, 6) is -1.35. The first-order valence-electron chi connectivity index (χ1n) is 10.5. The first-order valence-corrected chi connectivity index (χ1v) is 10.5. The standard InChI is InChI=1S/C23H30BFN2O4/c1-14(2)30-22(28)20-21(27(5)12-18-13-29-23(3,4)31-18)19(24)16(11-26-20)10-15-6-8-17(25)9-7-15/h6-9,11,14,18H,10,12-13,24H2,1-5H3/t18-/m1/s1. The zero-order valence-corrected chi connectivity index (χ0v) is 19.1. The molecule has 166 valence electrons. The van der Waals surface area contributed by atoms with Crippen molar-refractivity contribution in [3.05, 3.63) is 53.1 Å². The van der Waals surface area contributed by atoms with E-state index in [0.29, 0.717) is 25.3 Å². The number of benzene rings is 1. The van der Waals surface area contributed by atoms with Gasteiger partial charge in [-0.25, -0.2) is 14.2 Å². The highest BCUT2D eigenvalue weighted by molar-refractivity contribution is 6.37. The lowest BCUT2D eigenvalue weighted by Crippen LogP contribution is -2.37. The highest BCUT2D eigenvalue weighted by Gasteiger charge is 2.34. The smallest absolute Gasteiger partial charge is 0.359 e. The van der Waals surface area contributed by atoms with Crippen LogP contribution in [0.4, 0.5) is 10.1 Å². The predicted octanol–water partition coefficient (Wildman–Crippen LogP) is 2.22. The molecule has 0 amide bonds. The van der Waals surface area contributed by atoms with Gasteiger partial charge in [0.15, 0.2) is 11.5 Å². The van der Waals surface area contributed by atoms with E-state index in [1.54, 1.807) is 18.3 Å². The maximum Gasteiger partial charge on any atom is 0.359 e. The summed E-state index contributed by atoms with van der Waals surface area (Å²) in [4.78, 5) is 19.2. The maximum absolute atomic E-state index is 13.3. The zero-order valence-electron chi connectivity index (χ0n) is 19.1. The molecule has 1 aliphatic heterocycles. The van der Waals surface area contributed by atoms with Gasteiger partial charge >= 0.3 is 5.97 Å². The Morgan fingerprint density at radius 2 is 2.03 bits per heavy atom. The number of aromatic nitrogens is 1. The molecule has 1 fully saturated rings. The van der Waals surface area contributed by atoms with E-state index in [-0.39, 0.29) is 23.7 Å². The van der Waals surface area contributed by atoms with Crippen LogP contribution in [-0.2, 0) is 20.6 Å². The molecule has 0 unspecified atom stereocenters. The lowest BCUT2D eigenvalue weighted by Gasteiger charge is -2.27. The molecular weight excluding hydrogens is 398 g/mol. The van der Waals surface area contributed by atoms with Crippen LogP contribution < -0.4 is 10.4 Å². The topological polar surface area (TPSA) is 60.9 Å². The van der Waals surface area contributed by atoms with E-state index in [1.165, 1.54) is 12.1 Å². The number of nitrogens with zero attached hydrogens (tertiary/aromatic N) is 2. The Bertz CT molecular complexity index is 934. The number of rotatable bonds is 7. The van der Waals surface area contributed by atoms with Gasteiger partial charge in [0.1, 0.15) is 19.8 Å². The van der Waals surface area contributed by atoms with Gasteiger partial charge in [0, 0.05) is 19.8 Å². The van der Waals surface area contributed by atoms with Crippen LogP contribution in [0, 0.1) is 5.82 Å². The molecule has 1 atom stereocenters. The van der Waals surface area contributed by atoms with Gasteiger partial charge in [0.25, 0.3) is 0 Å². The van der Waals surface area contributed by atoms with E-state index < -0.39 is 11.8 Å². The van der Waals surface area contributed by atoms with Gasteiger partial charge in [0.2, 0.25) is 0 Å². The minimum atomic E-state index is -0.622. The SMILES string of the molecule is Bc1c(Cc2ccc(F)cc2)cnc(C(=O)OC(C)C)c1N(C)C[C@@H]1COC(C)(C)O1. The fourth-order valence-electron chi connectivity index (χ4n) is 3.77. The number of carbonyl (C=O) groups excluding carboxylic acids is 1. The molecule has 0 N–H and O–H groups in total.